The van der Waals surface area contributed by atoms with Gasteiger partial charge in [-0.1, -0.05) is 36.4 Å². The van der Waals surface area contributed by atoms with E-state index in [-0.39, 0.29) is 12.1 Å². The summed E-state index contributed by atoms with van der Waals surface area (Å²) in [5.41, 5.74) is 3.02. The second-order valence-corrected chi connectivity index (χ2v) is 7.58. The van der Waals surface area contributed by atoms with E-state index < -0.39 is 5.60 Å². The molecule has 1 N–H and O–H groups in total. The fraction of sp³-hybridized carbons (Fsp3) is 0.409. The molecular weight excluding hydrogens is 324 g/mol. The summed E-state index contributed by atoms with van der Waals surface area (Å²) in [6.07, 6.45) is 1.31. The quantitative estimate of drug-likeness (QED) is 0.926. The highest BCUT2D eigenvalue weighted by atomic mass is 16.5. The van der Waals surface area contributed by atoms with Gasteiger partial charge in [-0.3, -0.25) is 4.90 Å². The smallest absolute Gasteiger partial charge is 0.0991 e. The number of aryl methyl sites for hydroxylation is 1. The summed E-state index contributed by atoms with van der Waals surface area (Å²) in [4.78, 5) is 2.49. The molecule has 2 bridgehead atoms. The van der Waals surface area contributed by atoms with Crippen LogP contribution in [0.5, 0.6) is 0 Å². The third-order valence-electron chi connectivity index (χ3n) is 5.77. The maximum Gasteiger partial charge on any atom is 0.0991 e. The molecule has 0 saturated carbocycles. The predicted molar refractivity (Wildman–Crippen MR) is 99.4 cm³/mol. The third kappa shape index (κ3) is 3.14. The van der Waals surface area contributed by atoms with E-state index in [0.29, 0.717) is 31.6 Å². The lowest BCUT2D eigenvalue weighted by molar-refractivity contribution is -0.149. The van der Waals surface area contributed by atoms with Gasteiger partial charge in [0, 0.05) is 18.6 Å². The molecule has 2 aliphatic rings. The molecule has 26 heavy (non-hydrogen) atoms. The monoisotopic (exact) mass is 348 g/mol. The van der Waals surface area contributed by atoms with E-state index in [2.05, 4.69) is 35.2 Å². The predicted octanol–water partition coefficient (Wildman–Crippen LogP) is 3.12. The molecule has 2 unspecified atom stereocenters. The van der Waals surface area contributed by atoms with Crippen LogP contribution in [0.2, 0.25) is 0 Å². The van der Waals surface area contributed by atoms with Crippen LogP contribution >= 0.6 is 0 Å². The second-order valence-electron chi connectivity index (χ2n) is 7.58. The van der Waals surface area contributed by atoms with Crippen molar-refractivity contribution in [1.82, 2.24) is 4.90 Å². The molecule has 0 aromatic heterocycles. The van der Waals surface area contributed by atoms with Crippen molar-refractivity contribution >= 4 is 0 Å². The van der Waals surface area contributed by atoms with E-state index in [1.165, 1.54) is 5.56 Å². The molecule has 2 atom stereocenters. The van der Waals surface area contributed by atoms with Crippen LogP contribution in [0.1, 0.15) is 35.1 Å². The first-order chi connectivity index (χ1) is 12.6. The number of ether oxygens (including phenoxy) is 1. The number of hydrogen-bond donors (Lipinski definition) is 1. The number of nitriles is 1. The number of aliphatic hydroxyl groups is 1. The van der Waals surface area contributed by atoms with Crippen LogP contribution in [-0.2, 0) is 16.9 Å². The Balaban J connectivity index is 1.60. The number of benzene rings is 2. The summed E-state index contributed by atoms with van der Waals surface area (Å²) in [6.45, 7) is 4.18. The Morgan fingerprint density at radius 1 is 1.15 bits per heavy atom. The van der Waals surface area contributed by atoms with Gasteiger partial charge in [0.15, 0.2) is 0 Å². The average Bonchev–Trinajstić information content (AvgIpc) is 2.63. The second kappa shape index (κ2) is 6.85. The SMILES string of the molecule is Cc1cc(C#N)ccc1C1(O)CC2COCC(C1)N2Cc1ccccc1. The van der Waals surface area contributed by atoms with Crippen LogP contribution in [0.25, 0.3) is 0 Å². The maximum absolute atomic E-state index is 11.5. The molecular formula is C22H24N2O2. The summed E-state index contributed by atoms with van der Waals surface area (Å²) < 4.78 is 5.80. The van der Waals surface area contributed by atoms with Gasteiger partial charge >= 0.3 is 0 Å². The van der Waals surface area contributed by atoms with Crippen LogP contribution < -0.4 is 0 Å². The number of rotatable bonds is 3. The summed E-state index contributed by atoms with van der Waals surface area (Å²) in [6, 6.07) is 18.7. The molecule has 2 saturated heterocycles. The Bertz CT molecular complexity index is 814. The highest BCUT2D eigenvalue weighted by Crippen LogP contribution is 2.42. The van der Waals surface area contributed by atoms with Crippen molar-refractivity contribution in [3.05, 3.63) is 70.8 Å². The van der Waals surface area contributed by atoms with Gasteiger partial charge in [0.05, 0.1) is 30.4 Å². The largest absolute Gasteiger partial charge is 0.385 e. The van der Waals surface area contributed by atoms with Crippen molar-refractivity contribution in [1.29, 1.82) is 5.26 Å². The number of piperidine rings is 1. The van der Waals surface area contributed by atoms with E-state index in [4.69, 9.17) is 10.00 Å². The Morgan fingerprint density at radius 3 is 2.46 bits per heavy atom. The van der Waals surface area contributed by atoms with Gasteiger partial charge < -0.3 is 9.84 Å². The van der Waals surface area contributed by atoms with Gasteiger partial charge in [0.2, 0.25) is 0 Å². The summed E-state index contributed by atoms with van der Waals surface area (Å²) in [5.74, 6) is 0. The van der Waals surface area contributed by atoms with E-state index in [1.54, 1.807) is 0 Å². The minimum atomic E-state index is -0.857. The number of nitrogens with zero attached hydrogens (tertiary/aromatic N) is 2. The molecule has 4 rings (SSSR count). The average molecular weight is 348 g/mol. The molecule has 2 fully saturated rings. The van der Waals surface area contributed by atoms with Gasteiger partial charge in [0.1, 0.15) is 0 Å². The van der Waals surface area contributed by atoms with Crippen LogP contribution in [0.4, 0.5) is 0 Å². The molecule has 4 heteroatoms. The van der Waals surface area contributed by atoms with Gasteiger partial charge in [-0.15, -0.1) is 0 Å². The standard InChI is InChI=1S/C22H24N2O2/c1-16-9-18(12-23)7-8-21(16)22(25)10-19-14-26-15-20(11-22)24(19)13-17-5-3-2-4-6-17/h2-9,19-20,25H,10-11,13-15H2,1H3. The zero-order chi connectivity index (χ0) is 18.1. The first-order valence-electron chi connectivity index (χ1n) is 9.20. The Morgan fingerprint density at radius 2 is 1.85 bits per heavy atom. The van der Waals surface area contributed by atoms with E-state index in [9.17, 15) is 5.11 Å². The number of fused-ring (bicyclic) bond motifs is 2. The molecule has 0 spiro atoms. The van der Waals surface area contributed by atoms with Crippen LogP contribution in [0, 0.1) is 18.3 Å². The van der Waals surface area contributed by atoms with Crippen molar-refractivity contribution in [2.75, 3.05) is 13.2 Å². The number of hydrogen-bond acceptors (Lipinski definition) is 4. The normalized spacial score (nSPS) is 28.5. The van der Waals surface area contributed by atoms with E-state index in [0.717, 1.165) is 17.7 Å². The first-order valence-corrected chi connectivity index (χ1v) is 9.20. The molecule has 2 aromatic rings. The molecule has 4 nitrogen and oxygen atoms in total. The lowest BCUT2D eigenvalue weighted by Gasteiger charge is -2.52. The fourth-order valence-corrected chi connectivity index (χ4v) is 4.57. The topological polar surface area (TPSA) is 56.5 Å². The summed E-state index contributed by atoms with van der Waals surface area (Å²) in [7, 11) is 0. The molecule has 0 radical (unpaired) electrons. The van der Waals surface area contributed by atoms with Crippen molar-refractivity contribution in [3.63, 3.8) is 0 Å². The molecule has 2 aromatic carbocycles. The van der Waals surface area contributed by atoms with E-state index >= 15 is 0 Å². The van der Waals surface area contributed by atoms with Gasteiger partial charge in [0.25, 0.3) is 0 Å². The molecule has 2 aliphatic heterocycles. The van der Waals surface area contributed by atoms with Crippen molar-refractivity contribution in [3.8, 4) is 6.07 Å². The van der Waals surface area contributed by atoms with E-state index in [1.807, 2.05) is 31.2 Å². The lowest BCUT2D eigenvalue weighted by Crippen LogP contribution is -2.60. The highest BCUT2D eigenvalue weighted by molar-refractivity contribution is 5.40. The van der Waals surface area contributed by atoms with Crippen LogP contribution in [0.3, 0.4) is 0 Å². The maximum atomic E-state index is 11.5. The molecule has 2 heterocycles. The Hall–Kier alpha value is -2.19. The highest BCUT2D eigenvalue weighted by Gasteiger charge is 2.47. The Labute approximate surface area is 154 Å². The molecule has 0 aliphatic carbocycles. The summed E-state index contributed by atoms with van der Waals surface area (Å²) in [5, 5.41) is 20.6. The zero-order valence-corrected chi connectivity index (χ0v) is 15.1. The fourth-order valence-electron chi connectivity index (χ4n) is 4.57. The summed E-state index contributed by atoms with van der Waals surface area (Å²) >= 11 is 0. The van der Waals surface area contributed by atoms with Crippen LogP contribution in [-0.4, -0.2) is 35.3 Å². The minimum absolute atomic E-state index is 0.197. The molecule has 0 amide bonds. The first kappa shape index (κ1) is 17.2. The van der Waals surface area contributed by atoms with Gasteiger partial charge in [-0.25, -0.2) is 0 Å². The third-order valence-corrected chi connectivity index (χ3v) is 5.77. The minimum Gasteiger partial charge on any atom is -0.385 e. The zero-order valence-electron chi connectivity index (χ0n) is 15.1. The van der Waals surface area contributed by atoms with Gasteiger partial charge in [-0.05, 0) is 48.6 Å². The Kier molecular flexibility index (Phi) is 4.54. The van der Waals surface area contributed by atoms with Crippen molar-refractivity contribution in [2.45, 2.75) is 44.0 Å². The van der Waals surface area contributed by atoms with Crippen molar-refractivity contribution in [2.24, 2.45) is 0 Å². The van der Waals surface area contributed by atoms with Crippen LogP contribution in [0.15, 0.2) is 48.5 Å². The number of morpholine rings is 1. The van der Waals surface area contributed by atoms with Gasteiger partial charge in [-0.2, -0.15) is 5.26 Å². The van der Waals surface area contributed by atoms with Crippen molar-refractivity contribution < 1.29 is 9.84 Å². The molecule has 134 valence electrons. The lowest BCUT2D eigenvalue weighted by atomic mass is 9.75.